The average Bonchev–Trinajstić information content (AvgIpc) is 3.03. The molecule has 1 fully saturated rings. The van der Waals surface area contributed by atoms with Crippen LogP contribution >= 0.6 is 0 Å². The van der Waals surface area contributed by atoms with Gasteiger partial charge in [-0.3, -0.25) is 14.5 Å². The van der Waals surface area contributed by atoms with E-state index >= 15 is 0 Å². The van der Waals surface area contributed by atoms with E-state index in [1.807, 2.05) is 30.3 Å². The third-order valence-electron chi connectivity index (χ3n) is 3.72. The molecule has 0 aliphatic carbocycles. The molecule has 2 rings (SSSR count). The van der Waals surface area contributed by atoms with Crippen LogP contribution < -0.4 is 5.32 Å². The van der Waals surface area contributed by atoms with E-state index in [-0.39, 0.29) is 6.61 Å². The molecule has 7 heteroatoms. The minimum Gasteiger partial charge on any atom is -0.480 e. The molecule has 7 nitrogen and oxygen atoms in total. The van der Waals surface area contributed by atoms with Crippen molar-refractivity contribution in [2.45, 2.75) is 38.5 Å². The lowest BCUT2D eigenvalue weighted by Gasteiger charge is -2.24. The normalized spacial score (nSPS) is 18.3. The van der Waals surface area contributed by atoms with Gasteiger partial charge in [-0.1, -0.05) is 30.3 Å². The molecule has 0 spiro atoms. The molecular weight excluding hydrogens is 300 g/mol. The molecule has 23 heavy (non-hydrogen) atoms. The van der Waals surface area contributed by atoms with Crippen molar-refractivity contribution in [3.8, 4) is 0 Å². The Hall–Kier alpha value is -2.57. The monoisotopic (exact) mass is 320 g/mol. The zero-order valence-electron chi connectivity index (χ0n) is 12.9. The van der Waals surface area contributed by atoms with Gasteiger partial charge in [0.05, 0.1) is 0 Å². The standard InChI is InChI=1S/C16H20N2O5/c1-11(15(20)21)17-14(19)13-8-5-9-18(13)16(22)23-10-12-6-3-2-4-7-12/h2-4,6-7,11,13H,5,8-10H2,1H3,(H,17,19)(H,20,21)/t11-,13-/m1/s1. The van der Waals surface area contributed by atoms with Gasteiger partial charge in [-0.05, 0) is 25.3 Å². The summed E-state index contributed by atoms with van der Waals surface area (Å²) in [6, 6.07) is 7.58. The Bertz CT molecular complexity index is 575. The summed E-state index contributed by atoms with van der Waals surface area (Å²) in [4.78, 5) is 36.4. The average molecular weight is 320 g/mol. The van der Waals surface area contributed by atoms with Crippen LogP contribution in [0.2, 0.25) is 0 Å². The summed E-state index contributed by atoms with van der Waals surface area (Å²) < 4.78 is 5.24. The van der Waals surface area contributed by atoms with Gasteiger partial charge in [0, 0.05) is 6.54 Å². The van der Waals surface area contributed by atoms with E-state index in [9.17, 15) is 14.4 Å². The molecule has 1 saturated heterocycles. The van der Waals surface area contributed by atoms with Crippen LogP contribution in [-0.2, 0) is 20.9 Å². The van der Waals surface area contributed by atoms with Crippen LogP contribution in [0.1, 0.15) is 25.3 Å². The number of benzene rings is 1. The third kappa shape index (κ3) is 4.45. The lowest BCUT2D eigenvalue weighted by atomic mass is 10.2. The molecule has 1 aliphatic heterocycles. The largest absolute Gasteiger partial charge is 0.480 e. The molecular formula is C16H20N2O5. The van der Waals surface area contributed by atoms with Crippen molar-refractivity contribution in [2.24, 2.45) is 0 Å². The van der Waals surface area contributed by atoms with Gasteiger partial charge in [-0.25, -0.2) is 4.79 Å². The van der Waals surface area contributed by atoms with Crippen molar-refractivity contribution in [1.29, 1.82) is 0 Å². The summed E-state index contributed by atoms with van der Waals surface area (Å²) in [5.74, 6) is -1.58. The number of hydrogen-bond donors (Lipinski definition) is 2. The number of carboxylic acid groups (broad SMARTS) is 1. The van der Waals surface area contributed by atoms with Crippen LogP contribution in [0.4, 0.5) is 4.79 Å². The van der Waals surface area contributed by atoms with E-state index < -0.39 is 30.1 Å². The van der Waals surface area contributed by atoms with Crippen LogP contribution in [0.15, 0.2) is 30.3 Å². The molecule has 0 aromatic heterocycles. The van der Waals surface area contributed by atoms with Crippen molar-refractivity contribution in [2.75, 3.05) is 6.54 Å². The minimum absolute atomic E-state index is 0.135. The summed E-state index contributed by atoms with van der Waals surface area (Å²) in [7, 11) is 0. The van der Waals surface area contributed by atoms with Gasteiger partial charge >= 0.3 is 12.1 Å². The molecule has 2 amide bonds. The summed E-state index contributed by atoms with van der Waals surface area (Å²) in [5.41, 5.74) is 0.862. The topological polar surface area (TPSA) is 95.9 Å². The summed E-state index contributed by atoms with van der Waals surface area (Å²) in [6.45, 7) is 1.94. The second-order valence-corrected chi connectivity index (χ2v) is 5.46. The van der Waals surface area contributed by atoms with E-state index in [1.54, 1.807) is 0 Å². The Balaban J connectivity index is 1.91. The zero-order valence-corrected chi connectivity index (χ0v) is 12.9. The Morgan fingerprint density at radius 1 is 1.35 bits per heavy atom. The highest BCUT2D eigenvalue weighted by Gasteiger charge is 2.36. The maximum atomic E-state index is 12.2. The highest BCUT2D eigenvalue weighted by molar-refractivity contribution is 5.89. The smallest absolute Gasteiger partial charge is 0.410 e. The van der Waals surface area contributed by atoms with Crippen LogP contribution in [0.5, 0.6) is 0 Å². The third-order valence-corrected chi connectivity index (χ3v) is 3.72. The van der Waals surface area contributed by atoms with Crippen LogP contribution in [0.3, 0.4) is 0 Å². The highest BCUT2D eigenvalue weighted by atomic mass is 16.6. The van der Waals surface area contributed by atoms with Crippen molar-refractivity contribution in [3.63, 3.8) is 0 Å². The molecule has 1 aromatic carbocycles. The van der Waals surface area contributed by atoms with Gasteiger partial charge < -0.3 is 15.2 Å². The van der Waals surface area contributed by atoms with Crippen molar-refractivity contribution >= 4 is 18.0 Å². The van der Waals surface area contributed by atoms with Crippen molar-refractivity contribution < 1.29 is 24.2 Å². The van der Waals surface area contributed by atoms with Gasteiger partial charge in [0.1, 0.15) is 18.7 Å². The van der Waals surface area contributed by atoms with Gasteiger partial charge in [0.25, 0.3) is 0 Å². The first-order valence-corrected chi connectivity index (χ1v) is 7.49. The van der Waals surface area contributed by atoms with Crippen molar-refractivity contribution in [1.82, 2.24) is 10.2 Å². The summed E-state index contributed by atoms with van der Waals surface area (Å²) in [6.07, 6.45) is 0.618. The number of carbonyl (C=O) groups excluding carboxylic acids is 2. The second-order valence-electron chi connectivity index (χ2n) is 5.46. The molecule has 1 aromatic rings. The molecule has 0 unspecified atom stereocenters. The second kappa shape index (κ2) is 7.62. The van der Waals surface area contributed by atoms with E-state index in [0.717, 1.165) is 5.56 Å². The molecule has 0 saturated carbocycles. The molecule has 0 radical (unpaired) electrons. The predicted octanol–water partition coefficient (Wildman–Crippen LogP) is 1.38. The first-order valence-electron chi connectivity index (χ1n) is 7.49. The Morgan fingerprint density at radius 3 is 2.70 bits per heavy atom. The van der Waals surface area contributed by atoms with Crippen LogP contribution in [0, 0.1) is 0 Å². The number of ether oxygens (including phenoxy) is 1. The number of aliphatic carboxylic acids is 1. The Morgan fingerprint density at radius 2 is 2.04 bits per heavy atom. The first-order chi connectivity index (χ1) is 11.0. The molecule has 1 aliphatic rings. The van der Waals surface area contributed by atoms with Gasteiger partial charge in [-0.2, -0.15) is 0 Å². The number of amides is 2. The lowest BCUT2D eigenvalue weighted by molar-refractivity contribution is -0.141. The Kier molecular flexibility index (Phi) is 5.56. The number of carboxylic acids is 1. The maximum Gasteiger partial charge on any atom is 0.410 e. The summed E-state index contributed by atoms with van der Waals surface area (Å²) in [5, 5.41) is 11.2. The minimum atomic E-state index is -1.12. The van der Waals surface area contributed by atoms with E-state index in [1.165, 1.54) is 11.8 Å². The lowest BCUT2D eigenvalue weighted by Crippen LogP contribution is -2.50. The van der Waals surface area contributed by atoms with Crippen LogP contribution in [-0.4, -0.2) is 46.6 Å². The van der Waals surface area contributed by atoms with Gasteiger partial charge in [0.15, 0.2) is 0 Å². The quantitative estimate of drug-likeness (QED) is 0.854. The number of nitrogens with one attached hydrogen (secondary N) is 1. The number of hydrogen-bond acceptors (Lipinski definition) is 4. The SMILES string of the molecule is C[C@@H](NC(=O)[C@H]1CCCN1C(=O)OCc1ccccc1)C(=O)O. The number of carbonyl (C=O) groups is 3. The fraction of sp³-hybridized carbons (Fsp3) is 0.438. The highest BCUT2D eigenvalue weighted by Crippen LogP contribution is 2.19. The molecule has 2 atom stereocenters. The summed E-state index contributed by atoms with van der Waals surface area (Å²) >= 11 is 0. The maximum absolute atomic E-state index is 12.2. The molecule has 1 heterocycles. The van der Waals surface area contributed by atoms with Crippen LogP contribution in [0.25, 0.3) is 0 Å². The van der Waals surface area contributed by atoms with Gasteiger partial charge in [-0.15, -0.1) is 0 Å². The Labute approximate surface area is 134 Å². The number of nitrogens with zero attached hydrogens (tertiary/aromatic N) is 1. The zero-order chi connectivity index (χ0) is 16.8. The molecule has 2 N–H and O–H groups in total. The van der Waals surface area contributed by atoms with Gasteiger partial charge in [0.2, 0.25) is 5.91 Å². The fourth-order valence-corrected chi connectivity index (χ4v) is 2.43. The number of likely N-dealkylation sites (tertiary alicyclic amines) is 1. The van der Waals surface area contributed by atoms with E-state index in [2.05, 4.69) is 5.32 Å². The fourth-order valence-electron chi connectivity index (χ4n) is 2.43. The first kappa shape index (κ1) is 16.8. The molecule has 124 valence electrons. The molecule has 0 bridgehead atoms. The van der Waals surface area contributed by atoms with Crippen molar-refractivity contribution in [3.05, 3.63) is 35.9 Å². The predicted molar refractivity (Wildman–Crippen MR) is 81.6 cm³/mol. The van der Waals surface area contributed by atoms with E-state index in [0.29, 0.717) is 19.4 Å². The number of rotatable bonds is 5. The van der Waals surface area contributed by atoms with E-state index in [4.69, 9.17) is 9.84 Å².